The maximum absolute atomic E-state index is 11.8. The zero-order chi connectivity index (χ0) is 13.1. The highest BCUT2D eigenvalue weighted by molar-refractivity contribution is 9.10. The standard InChI is InChI=1S/C9H10BrF3N2O2/c1-6-7(10)8(16)15(5-14-6)2-3-17-4-9(11,12)13/h5H,2-4H2,1H3. The first kappa shape index (κ1) is 14.2. The van der Waals surface area contributed by atoms with Gasteiger partial charge < -0.3 is 4.74 Å². The van der Waals surface area contributed by atoms with E-state index in [9.17, 15) is 18.0 Å². The van der Waals surface area contributed by atoms with Crippen LogP contribution < -0.4 is 5.56 Å². The van der Waals surface area contributed by atoms with E-state index in [2.05, 4.69) is 25.7 Å². The zero-order valence-electron chi connectivity index (χ0n) is 8.92. The Morgan fingerprint density at radius 3 is 2.76 bits per heavy atom. The predicted molar refractivity (Wildman–Crippen MR) is 57.8 cm³/mol. The number of hydrogen-bond donors (Lipinski definition) is 0. The summed E-state index contributed by atoms with van der Waals surface area (Å²) in [6, 6.07) is 0. The van der Waals surface area contributed by atoms with Gasteiger partial charge in [0.2, 0.25) is 0 Å². The molecule has 0 N–H and O–H groups in total. The summed E-state index contributed by atoms with van der Waals surface area (Å²) >= 11 is 3.05. The van der Waals surface area contributed by atoms with Crippen LogP contribution in [0.15, 0.2) is 15.6 Å². The summed E-state index contributed by atoms with van der Waals surface area (Å²) < 4.78 is 41.2. The highest BCUT2D eigenvalue weighted by atomic mass is 79.9. The smallest absolute Gasteiger partial charge is 0.370 e. The van der Waals surface area contributed by atoms with E-state index in [0.717, 1.165) is 0 Å². The molecule has 96 valence electrons. The van der Waals surface area contributed by atoms with Gasteiger partial charge in [-0.05, 0) is 22.9 Å². The van der Waals surface area contributed by atoms with Gasteiger partial charge in [-0.3, -0.25) is 9.36 Å². The summed E-state index contributed by atoms with van der Waals surface area (Å²) in [6.45, 7) is 0.162. The minimum absolute atomic E-state index is 0.0286. The maximum Gasteiger partial charge on any atom is 0.411 e. The molecule has 8 heteroatoms. The van der Waals surface area contributed by atoms with E-state index in [1.165, 1.54) is 10.9 Å². The normalized spacial score (nSPS) is 11.8. The van der Waals surface area contributed by atoms with Gasteiger partial charge in [0.1, 0.15) is 11.1 Å². The van der Waals surface area contributed by atoms with Crippen LogP contribution in [0.1, 0.15) is 5.69 Å². The molecule has 0 atom stereocenters. The largest absolute Gasteiger partial charge is 0.411 e. The number of halogens is 4. The van der Waals surface area contributed by atoms with Gasteiger partial charge in [0.15, 0.2) is 0 Å². The Balaban J connectivity index is 2.54. The van der Waals surface area contributed by atoms with Gasteiger partial charge in [0.25, 0.3) is 5.56 Å². The third kappa shape index (κ3) is 4.47. The second-order valence-corrected chi connectivity index (χ2v) is 4.10. The van der Waals surface area contributed by atoms with Crippen molar-refractivity contribution in [2.45, 2.75) is 19.6 Å². The lowest BCUT2D eigenvalue weighted by molar-refractivity contribution is -0.174. The average Bonchev–Trinajstić information content (AvgIpc) is 2.22. The van der Waals surface area contributed by atoms with Gasteiger partial charge in [-0.2, -0.15) is 13.2 Å². The molecule has 0 aliphatic carbocycles. The molecule has 1 rings (SSSR count). The van der Waals surface area contributed by atoms with Crippen molar-refractivity contribution in [2.24, 2.45) is 0 Å². The lowest BCUT2D eigenvalue weighted by Gasteiger charge is -2.09. The van der Waals surface area contributed by atoms with Crippen LogP contribution >= 0.6 is 15.9 Å². The van der Waals surface area contributed by atoms with Crippen LogP contribution in [-0.2, 0) is 11.3 Å². The lowest BCUT2D eigenvalue weighted by atomic mass is 10.4. The molecular weight excluding hydrogens is 305 g/mol. The Hall–Kier alpha value is -0.890. The van der Waals surface area contributed by atoms with Crippen LogP contribution in [0, 0.1) is 6.92 Å². The quantitative estimate of drug-likeness (QED) is 0.797. The number of nitrogens with zero attached hydrogens (tertiary/aromatic N) is 2. The molecule has 0 aromatic carbocycles. The number of hydrogen-bond acceptors (Lipinski definition) is 3. The monoisotopic (exact) mass is 314 g/mol. The molecule has 1 aromatic rings. The number of aromatic nitrogens is 2. The van der Waals surface area contributed by atoms with Crippen molar-refractivity contribution in [3.05, 3.63) is 26.8 Å². The van der Waals surface area contributed by atoms with Crippen molar-refractivity contribution >= 4 is 15.9 Å². The van der Waals surface area contributed by atoms with Gasteiger partial charge >= 0.3 is 6.18 Å². The second-order valence-electron chi connectivity index (χ2n) is 3.31. The maximum atomic E-state index is 11.8. The van der Waals surface area contributed by atoms with Crippen molar-refractivity contribution in [2.75, 3.05) is 13.2 Å². The zero-order valence-corrected chi connectivity index (χ0v) is 10.5. The van der Waals surface area contributed by atoms with E-state index in [1.807, 2.05) is 0 Å². The molecule has 0 bridgehead atoms. The topological polar surface area (TPSA) is 44.1 Å². The summed E-state index contributed by atoms with van der Waals surface area (Å²) in [4.78, 5) is 15.5. The first-order valence-electron chi connectivity index (χ1n) is 4.67. The molecule has 0 aliphatic rings. The molecule has 0 saturated heterocycles. The molecule has 0 unspecified atom stereocenters. The number of aryl methyl sites for hydroxylation is 1. The number of rotatable bonds is 4. The Kier molecular flexibility index (Phi) is 4.70. The third-order valence-corrected chi connectivity index (χ3v) is 2.81. The first-order valence-corrected chi connectivity index (χ1v) is 5.46. The van der Waals surface area contributed by atoms with E-state index < -0.39 is 12.8 Å². The van der Waals surface area contributed by atoms with Gasteiger partial charge in [0.05, 0.1) is 25.2 Å². The molecule has 1 aromatic heterocycles. The fourth-order valence-corrected chi connectivity index (χ4v) is 1.39. The van der Waals surface area contributed by atoms with Crippen LogP contribution in [0.4, 0.5) is 13.2 Å². The molecular formula is C9H10BrF3N2O2. The van der Waals surface area contributed by atoms with E-state index >= 15 is 0 Å². The number of ether oxygens (including phenoxy) is 1. The molecule has 17 heavy (non-hydrogen) atoms. The Bertz CT molecular complexity index is 445. The van der Waals surface area contributed by atoms with Gasteiger partial charge in [-0.25, -0.2) is 4.98 Å². The minimum Gasteiger partial charge on any atom is -0.370 e. The van der Waals surface area contributed by atoms with Crippen molar-refractivity contribution in [3.63, 3.8) is 0 Å². The summed E-state index contributed by atoms with van der Waals surface area (Å²) in [6.07, 6.45) is -3.07. The summed E-state index contributed by atoms with van der Waals surface area (Å²) in [7, 11) is 0. The molecule has 0 radical (unpaired) electrons. The molecule has 0 amide bonds. The van der Waals surface area contributed by atoms with Crippen molar-refractivity contribution in [1.82, 2.24) is 9.55 Å². The van der Waals surface area contributed by atoms with Crippen LogP contribution in [0.5, 0.6) is 0 Å². The number of alkyl halides is 3. The SMILES string of the molecule is Cc1ncn(CCOCC(F)(F)F)c(=O)c1Br. The van der Waals surface area contributed by atoms with Crippen LogP contribution in [0.2, 0.25) is 0 Å². The Morgan fingerprint density at radius 2 is 2.18 bits per heavy atom. The van der Waals surface area contributed by atoms with E-state index in [-0.39, 0.29) is 18.7 Å². The predicted octanol–water partition coefficient (Wildman–Crippen LogP) is 1.89. The minimum atomic E-state index is -4.35. The van der Waals surface area contributed by atoms with E-state index in [1.54, 1.807) is 6.92 Å². The van der Waals surface area contributed by atoms with E-state index in [0.29, 0.717) is 10.2 Å². The average molecular weight is 315 g/mol. The van der Waals surface area contributed by atoms with Gasteiger partial charge in [-0.1, -0.05) is 0 Å². The summed E-state index contributed by atoms with van der Waals surface area (Å²) in [5, 5.41) is 0. The highest BCUT2D eigenvalue weighted by Crippen LogP contribution is 2.14. The second kappa shape index (κ2) is 5.63. The van der Waals surface area contributed by atoms with Crippen LogP contribution in [0.3, 0.4) is 0 Å². The van der Waals surface area contributed by atoms with Crippen molar-refractivity contribution in [1.29, 1.82) is 0 Å². The molecule has 0 aliphatic heterocycles. The van der Waals surface area contributed by atoms with Gasteiger partial charge in [-0.15, -0.1) is 0 Å². The lowest BCUT2D eigenvalue weighted by Crippen LogP contribution is -2.25. The Labute approximate surface area is 104 Å². The van der Waals surface area contributed by atoms with Gasteiger partial charge in [0, 0.05) is 0 Å². The molecule has 0 spiro atoms. The molecule has 1 heterocycles. The third-order valence-electron chi connectivity index (χ3n) is 1.90. The Morgan fingerprint density at radius 1 is 1.53 bits per heavy atom. The van der Waals surface area contributed by atoms with Crippen LogP contribution in [-0.4, -0.2) is 28.9 Å². The highest BCUT2D eigenvalue weighted by Gasteiger charge is 2.27. The fraction of sp³-hybridized carbons (Fsp3) is 0.556. The van der Waals surface area contributed by atoms with Crippen molar-refractivity contribution < 1.29 is 17.9 Å². The molecule has 0 fully saturated rings. The summed E-state index contributed by atoms with van der Waals surface area (Å²) in [5.41, 5.74) is 0.190. The fourth-order valence-electron chi connectivity index (χ4n) is 1.06. The van der Waals surface area contributed by atoms with Crippen LogP contribution in [0.25, 0.3) is 0 Å². The van der Waals surface area contributed by atoms with E-state index in [4.69, 9.17) is 0 Å². The molecule has 0 saturated carbocycles. The summed E-state index contributed by atoms with van der Waals surface area (Å²) in [5.74, 6) is 0. The first-order chi connectivity index (χ1) is 7.81. The van der Waals surface area contributed by atoms with Crippen molar-refractivity contribution in [3.8, 4) is 0 Å². The molecule has 4 nitrogen and oxygen atoms in total.